The van der Waals surface area contributed by atoms with Crippen molar-refractivity contribution in [3.05, 3.63) is 30.3 Å². The number of hydrogen-bond acceptors (Lipinski definition) is 3. The molecule has 2 unspecified atom stereocenters. The third-order valence-corrected chi connectivity index (χ3v) is 5.00. The summed E-state index contributed by atoms with van der Waals surface area (Å²) in [5.74, 6) is 0.348. The van der Waals surface area contributed by atoms with Crippen LogP contribution in [0.15, 0.2) is 30.3 Å². The van der Waals surface area contributed by atoms with Gasteiger partial charge in [0.05, 0.1) is 0 Å². The summed E-state index contributed by atoms with van der Waals surface area (Å²) < 4.78 is 0. The summed E-state index contributed by atoms with van der Waals surface area (Å²) in [5, 5.41) is 5.82. The molecule has 7 heteroatoms. The first kappa shape index (κ1) is 19.5. The van der Waals surface area contributed by atoms with E-state index in [1.165, 1.54) is 0 Å². The number of hydrogen-bond donors (Lipinski definition) is 3. The van der Waals surface area contributed by atoms with E-state index in [2.05, 4.69) is 10.6 Å². The number of urea groups is 1. The van der Waals surface area contributed by atoms with Crippen molar-refractivity contribution in [3.8, 4) is 0 Å². The SMILES string of the molecule is Cl.NC1CCC(C(=O)N2CCC(NC(=O)Nc3ccccc3)CC2)C1. The fraction of sp³-hybridized carbons (Fsp3) is 0.556. The summed E-state index contributed by atoms with van der Waals surface area (Å²) in [5.41, 5.74) is 6.69. The van der Waals surface area contributed by atoms with Gasteiger partial charge in [-0.25, -0.2) is 4.79 Å². The lowest BCUT2D eigenvalue weighted by Crippen LogP contribution is -2.48. The standard InChI is InChI=1S/C18H26N4O2.ClH/c19-14-7-6-13(12-14)17(23)22-10-8-16(9-11-22)21-18(24)20-15-4-2-1-3-5-15;/h1-5,13-14,16H,6-12,19H2,(H2,20,21,24);1H. The van der Waals surface area contributed by atoms with E-state index in [9.17, 15) is 9.59 Å². The summed E-state index contributed by atoms with van der Waals surface area (Å²) in [6, 6.07) is 9.49. The quantitative estimate of drug-likeness (QED) is 0.767. The molecule has 6 nitrogen and oxygen atoms in total. The number of halogens is 1. The van der Waals surface area contributed by atoms with Crippen molar-refractivity contribution in [1.29, 1.82) is 0 Å². The minimum absolute atomic E-state index is 0. The Morgan fingerprint density at radius 2 is 1.72 bits per heavy atom. The molecular weight excluding hydrogens is 340 g/mol. The van der Waals surface area contributed by atoms with Gasteiger partial charge in [-0.15, -0.1) is 12.4 Å². The van der Waals surface area contributed by atoms with Gasteiger partial charge in [0.15, 0.2) is 0 Å². The average Bonchev–Trinajstić information content (AvgIpc) is 3.02. The number of benzene rings is 1. The van der Waals surface area contributed by atoms with E-state index < -0.39 is 0 Å². The first-order valence-electron chi connectivity index (χ1n) is 8.79. The zero-order valence-corrected chi connectivity index (χ0v) is 15.1. The third-order valence-electron chi connectivity index (χ3n) is 5.00. The lowest BCUT2D eigenvalue weighted by molar-refractivity contribution is -0.136. The maximum atomic E-state index is 12.5. The van der Waals surface area contributed by atoms with E-state index in [4.69, 9.17) is 5.73 Å². The second-order valence-electron chi connectivity index (χ2n) is 6.83. The number of carbonyl (C=O) groups excluding carboxylic acids is 2. The number of nitrogens with one attached hydrogen (secondary N) is 2. The van der Waals surface area contributed by atoms with Crippen LogP contribution in [0.4, 0.5) is 10.5 Å². The summed E-state index contributed by atoms with van der Waals surface area (Å²) >= 11 is 0. The van der Waals surface area contributed by atoms with Crippen LogP contribution in [0.5, 0.6) is 0 Å². The van der Waals surface area contributed by atoms with E-state index in [1.807, 2.05) is 35.2 Å². The first-order valence-corrected chi connectivity index (χ1v) is 8.79. The first-order chi connectivity index (χ1) is 11.6. The molecule has 1 aliphatic carbocycles. The van der Waals surface area contributed by atoms with Crippen LogP contribution in [0.2, 0.25) is 0 Å². The number of nitrogens with two attached hydrogens (primary N) is 1. The Hall–Kier alpha value is -1.79. The fourth-order valence-electron chi connectivity index (χ4n) is 3.62. The number of carbonyl (C=O) groups is 2. The van der Waals surface area contributed by atoms with Gasteiger partial charge in [0.1, 0.15) is 0 Å². The van der Waals surface area contributed by atoms with Crippen LogP contribution in [-0.2, 0) is 4.79 Å². The molecule has 2 fully saturated rings. The lowest BCUT2D eigenvalue weighted by Gasteiger charge is -2.34. The van der Waals surface area contributed by atoms with Crippen LogP contribution in [0.3, 0.4) is 0 Å². The van der Waals surface area contributed by atoms with Crippen LogP contribution >= 0.6 is 12.4 Å². The molecule has 0 radical (unpaired) electrons. The fourth-order valence-corrected chi connectivity index (χ4v) is 3.62. The number of para-hydroxylation sites is 1. The van der Waals surface area contributed by atoms with E-state index >= 15 is 0 Å². The highest BCUT2D eigenvalue weighted by Crippen LogP contribution is 2.27. The Bertz CT molecular complexity index is 576. The normalized spacial score (nSPS) is 23.6. The predicted octanol–water partition coefficient (Wildman–Crippen LogP) is 2.35. The third kappa shape index (κ3) is 5.34. The number of nitrogens with zero attached hydrogens (tertiary/aromatic N) is 1. The van der Waals surface area contributed by atoms with Crippen molar-refractivity contribution in [2.75, 3.05) is 18.4 Å². The molecule has 3 rings (SSSR count). The number of amides is 3. The monoisotopic (exact) mass is 366 g/mol. The topological polar surface area (TPSA) is 87.5 Å². The minimum atomic E-state index is -0.187. The van der Waals surface area contributed by atoms with Gasteiger partial charge in [-0.05, 0) is 44.2 Å². The second-order valence-corrected chi connectivity index (χ2v) is 6.83. The molecule has 1 aromatic carbocycles. The molecule has 3 amide bonds. The molecule has 1 heterocycles. The Labute approximate surface area is 154 Å². The molecule has 0 spiro atoms. The molecule has 2 aliphatic rings. The molecule has 0 bridgehead atoms. The van der Waals surface area contributed by atoms with Crippen molar-refractivity contribution in [2.45, 2.75) is 44.2 Å². The van der Waals surface area contributed by atoms with Crippen molar-refractivity contribution in [1.82, 2.24) is 10.2 Å². The van der Waals surface area contributed by atoms with Gasteiger partial charge in [0.25, 0.3) is 0 Å². The van der Waals surface area contributed by atoms with Gasteiger partial charge in [-0.3, -0.25) is 4.79 Å². The van der Waals surface area contributed by atoms with Gasteiger partial charge in [-0.1, -0.05) is 18.2 Å². The van der Waals surface area contributed by atoms with Crippen molar-refractivity contribution >= 4 is 30.0 Å². The minimum Gasteiger partial charge on any atom is -0.342 e. The highest BCUT2D eigenvalue weighted by atomic mass is 35.5. The van der Waals surface area contributed by atoms with Crippen molar-refractivity contribution in [2.24, 2.45) is 11.7 Å². The van der Waals surface area contributed by atoms with Gasteiger partial charge in [-0.2, -0.15) is 0 Å². The van der Waals surface area contributed by atoms with Crippen LogP contribution in [-0.4, -0.2) is 42.0 Å². The molecule has 1 aromatic rings. The number of likely N-dealkylation sites (tertiary alicyclic amines) is 1. The number of rotatable bonds is 3. The maximum Gasteiger partial charge on any atom is 0.319 e. The van der Waals surface area contributed by atoms with Gasteiger partial charge in [0, 0.05) is 36.8 Å². The Morgan fingerprint density at radius 1 is 1.04 bits per heavy atom. The maximum absolute atomic E-state index is 12.5. The largest absolute Gasteiger partial charge is 0.342 e. The van der Waals surface area contributed by atoms with E-state index in [0.29, 0.717) is 13.1 Å². The molecule has 4 N–H and O–H groups in total. The zero-order chi connectivity index (χ0) is 16.9. The van der Waals surface area contributed by atoms with Crippen LogP contribution in [0.1, 0.15) is 32.1 Å². The highest BCUT2D eigenvalue weighted by molar-refractivity contribution is 5.89. The van der Waals surface area contributed by atoms with Crippen molar-refractivity contribution < 1.29 is 9.59 Å². The molecule has 138 valence electrons. The molecular formula is C18H27ClN4O2. The number of anilines is 1. The second kappa shape index (κ2) is 9.06. The molecule has 2 atom stereocenters. The van der Waals surface area contributed by atoms with Crippen LogP contribution < -0.4 is 16.4 Å². The lowest BCUT2D eigenvalue weighted by atomic mass is 10.0. The molecule has 1 aliphatic heterocycles. The smallest absolute Gasteiger partial charge is 0.319 e. The van der Waals surface area contributed by atoms with E-state index in [1.54, 1.807) is 0 Å². The molecule has 1 saturated heterocycles. The average molecular weight is 367 g/mol. The number of piperidine rings is 1. The van der Waals surface area contributed by atoms with Crippen LogP contribution in [0.25, 0.3) is 0 Å². The van der Waals surface area contributed by atoms with Gasteiger partial charge in [0.2, 0.25) is 5.91 Å². The molecule has 25 heavy (non-hydrogen) atoms. The molecule has 0 aromatic heterocycles. The molecule has 1 saturated carbocycles. The summed E-state index contributed by atoms with van der Waals surface area (Å²) in [6.07, 6.45) is 4.28. The van der Waals surface area contributed by atoms with Crippen LogP contribution in [0, 0.1) is 5.92 Å². The summed E-state index contributed by atoms with van der Waals surface area (Å²) in [7, 11) is 0. The van der Waals surface area contributed by atoms with Gasteiger partial charge >= 0.3 is 6.03 Å². The van der Waals surface area contributed by atoms with E-state index in [0.717, 1.165) is 37.8 Å². The predicted molar refractivity (Wildman–Crippen MR) is 101 cm³/mol. The Morgan fingerprint density at radius 3 is 2.32 bits per heavy atom. The Balaban J connectivity index is 0.00000225. The summed E-state index contributed by atoms with van der Waals surface area (Å²) in [4.78, 5) is 26.5. The Kier molecular flexibility index (Phi) is 7.08. The van der Waals surface area contributed by atoms with Gasteiger partial charge < -0.3 is 21.3 Å². The summed E-state index contributed by atoms with van der Waals surface area (Å²) in [6.45, 7) is 1.42. The highest BCUT2D eigenvalue weighted by Gasteiger charge is 2.32. The zero-order valence-electron chi connectivity index (χ0n) is 14.3. The van der Waals surface area contributed by atoms with E-state index in [-0.39, 0.29) is 42.3 Å². The van der Waals surface area contributed by atoms with Crippen molar-refractivity contribution in [3.63, 3.8) is 0 Å².